The van der Waals surface area contributed by atoms with Gasteiger partial charge in [-0.2, -0.15) is 18.3 Å². The van der Waals surface area contributed by atoms with Crippen molar-refractivity contribution in [3.63, 3.8) is 0 Å². The number of hydrogen-bond acceptors (Lipinski definition) is 3. The third kappa shape index (κ3) is 1.57. The maximum Gasteiger partial charge on any atom is 0.430 e. The van der Waals surface area contributed by atoms with Gasteiger partial charge in [-0.3, -0.25) is 5.01 Å². The smallest absolute Gasteiger partial charge is 0.263 e. The highest BCUT2D eigenvalue weighted by Crippen LogP contribution is 2.30. The molecule has 3 nitrogen and oxygen atoms in total. The lowest BCUT2D eigenvalue weighted by Crippen LogP contribution is -2.46. The molecule has 7 heteroatoms. The lowest BCUT2D eigenvalue weighted by atomic mass is 10.4. The van der Waals surface area contributed by atoms with Gasteiger partial charge in [-0.25, -0.2) is 4.42 Å². The van der Waals surface area contributed by atoms with E-state index in [4.69, 9.17) is 11.8 Å². The van der Waals surface area contributed by atoms with Crippen molar-refractivity contribution in [2.24, 2.45) is 5.10 Å². The summed E-state index contributed by atoms with van der Waals surface area (Å²) in [7, 11) is 0. The molecule has 0 aliphatic carbocycles. The molecule has 0 aromatic carbocycles. The first kappa shape index (κ1) is 9.44. The van der Waals surface area contributed by atoms with Crippen molar-refractivity contribution < 1.29 is 13.2 Å². The Hall–Kier alpha value is -0.650. The van der Waals surface area contributed by atoms with E-state index < -0.39 is 12.3 Å². The molecule has 0 spiro atoms. The van der Waals surface area contributed by atoms with Crippen LogP contribution in [0.2, 0.25) is 0 Å². The van der Waals surface area contributed by atoms with Gasteiger partial charge >= 0.3 is 6.18 Å². The summed E-state index contributed by atoms with van der Waals surface area (Å²) in [6.45, 7) is 1.75. The molecule has 1 atom stereocenters. The minimum absolute atomic E-state index is 0.171. The zero-order valence-electron chi connectivity index (χ0n) is 6.22. The topological polar surface area (TPSA) is 18.8 Å². The molecule has 0 fully saturated rings. The number of rotatable bonds is 1. The van der Waals surface area contributed by atoms with Gasteiger partial charge < -0.3 is 0 Å². The second-order valence-electron chi connectivity index (χ2n) is 2.25. The SMILES string of the molecule is CCN1N=CN(Cl)C1C(F)(F)F. The van der Waals surface area contributed by atoms with Crippen LogP contribution >= 0.6 is 11.8 Å². The van der Waals surface area contributed by atoms with Crippen LogP contribution in [0.4, 0.5) is 13.2 Å². The highest BCUT2D eigenvalue weighted by molar-refractivity contribution is 6.19. The Morgan fingerprint density at radius 2 is 2.17 bits per heavy atom. The first-order chi connectivity index (χ1) is 5.46. The molecular weight excluding hydrogens is 195 g/mol. The van der Waals surface area contributed by atoms with E-state index in [9.17, 15) is 13.2 Å². The summed E-state index contributed by atoms with van der Waals surface area (Å²) in [5.41, 5.74) is 0. The second-order valence-corrected chi connectivity index (χ2v) is 2.64. The molecule has 0 radical (unpaired) electrons. The normalized spacial score (nSPS) is 23.9. The summed E-state index contributed by atoms with van der Waals surface area (Å²) in [6.07, 6.45) is -5.26. The Morgan fingerprint density at radius 3 is 2.50 bits per heavy atom. The van der Waals surface area contributed by atoms with Gasteiger partial charge in [0.05, 0.1) is 0 Å². The molecule has 0 saturated carbocycles. The number of nitrogens with zero attached hydrogens (tertiary/aromatic N) is 3. The number of hydrogen-bond donors (Lipinski definition) is 0. The Bertz CT molecular complexity index is 193. The maximum atomic E-state index is 12.2. The summed E-state index contributed by atoms with van der Waals surface area (Å²) < 4.78 is 37.1. The highest BCUT2D eigenvalue weighted by Gasteiger charge is 2.49. The van der Waals surface area contributed by atoms with Gasteiger partial charge in [0.2, 0.25) is 6.17 Å². The minimum atomic E-state index is -4.38. The predicted octanol–water partition coefficient (Wildman–Crippen LogP) is 1.61. The lowest BCUT2D eigenvalue weighted by molar-refractivity contribution is -0.196. The third-order valence-electron chi connectivity index (χ3n) is 1.44. The van der Waals surface area contributed by atoms with Gasteiger partial charge in [0, 0.05) is 18.3 Å². The van der Waals surface area contributed by atoms with Crippen molar-refractivity contribution in [3.05, 3.63) is 0 Å². The Morgan fingerprint density at radius 1 is 1.58 bits per heavy atom. The van der Waals surface area contributed by atoms with Crippen LogP contribution in [0.25, 0.3) is 0 Å². The molecule has 1 aliphatic heterocycles. The molecule has 1 rings (SSSR count). The first-order valence-corrected chi connectivity index (χ1v) is 3.62. The summed E-state index contributed by atoms with van der Waals surface area (Å²) in [6, 6.07) is 0. The van der Waals surface area contributed by atoms with Crippen LogP contribution in [-0.2, 0) is 0 Å². The van der Waals surface area contributed by atoms with Crippen molar-refractivity contribution in [3.8, 4) is 0 Å². The van der Waals surface area contributed by atoms with E-state index in [1.54, 1.807) is 6.92 Å². The van der Waals surface area contributed by atoms with Crippen LogP contribution in [0, 0.1) is 0 Å². The highest BCUT2D eigenvalue weighted by atomic mass is 35.5. The van der Waals surface area contributed by atoms with E-state index >= 15 is 0 Å². The van der Waals surface area contributed by atoms with E-state index in [1.165, 1.54) is 0 Å². The van der Waals surface area contributed by atoms with E-state index in [0.29, 0.717) is 4.42 Å². The Kier molecular flexibility index (Phi) is 2.36. The largest absolute Gasteiger partial charge is 0.430 e. The molecule has 0 amide bonds. The fourth-order valence-electron chi connectivity index (χ4n) is 0.933. The number of halogens is 4. The maximum absolute atomic E-state index is 12.2. The van der Waals surface area contributed by atoms with Crippen LogP contribution < -0.4 is 0 Å². The lowest BCUT2D eigenvalue weighted by Gasteiger charge is -2.26. The summed E-state index contributed by atoms with van der Waals surface area (Å²) in [5.74, 6) is 0. The summed E-state index contributed by atoms with van der Waals surface area (Å²) in [4.78, 5) is 0. The Balaban J connectivity index is 2.75. The zero-order chi connectivity index (χ0) is 9.35. The van der Waals surface area contributed by atoms with E-state index in [1.807, 2.05) is 0 Å². The average Bonchev–Trinajstić information content (AvgIpc) is 2.29. The van der Waals surface area contributed by atoms with Crippen molar-refractivity contribution in [1.82, 2.24) is 9.43 Å². The number of hydrazone groups is 1. The molecule has 12 heavy (non-hydrogen) atoms. The van der Waals surface area contributed by atoms with Gasteiger partial charge in [0.15, 0.2) is 0 Å². The molecular formula is C5H7ClF3N3. The van der Waals surface area contributed by atoms with E-state index in [0.717, 1.165) is 11.3 Å². The fourth-order valence-corrected chi connectivity index (χ4v) is 1.18. The van der Waals surface area contributed by atoms with Crippen LogP contribution in [0.3, 0.4) is 0 Å². The van der Waals surface area contributed by atoms with Crippen LogP contribution in [-0.4, -0.2) is 34.7 Å². The van der Waals surface area contributed by atoms with Crippen molar-refractivity contribution in [2.45, 2.75) is 19.3 Å². The Labute approximate surface area is 72.5 Å². The van der Waals surface area contributed by atoms with Crippen LogP contribution in [0.15, 0.2) is 5.10 Å². The van der Waals surface area contributed by atoms with Crippen LogP contribution in [0.1, 0.15) is 6.92 Å². The van der Waals surface area contributed by atoms with Crippen molar-refractivity contribution in [2.75, 3.05) is 6.54 Å². The number of alkyl halides is 3. The molecule has 1 unspecified atom stereocenters. The monoisotopic (exact) mass is 201 g/mol. The standard InChI is InChI=1S/C5H7ClF3N3/c1-2-12-4(5(7,8)9)11(6)3-10-12/h3-4H,2H2,1H3. The van der Waals surface area contributed by atoms with Gasteiger partial charge in [-0.15, -0.1) is 0 Å². The molecule has 0 bridgehead atoms. The van der Waals surface area contributed by atoms with Crippen LogP contribution in [0.5, 0.6) is 0 Å². The van der Waals surface area contributed by atoms with Gasteiger partial charge in [-0.1, -0.05) is 0 Å². The van der Waals surface area contributed by atoms with Gasteiger partial charge in [0.25, 0.3) is 0 Å². The quantitative estimate of drug-likeness (QED) is 0.601. The van der Waals surface area contributed by atoms with E-state index in [-0.39, 0.29) is 6.54 Å². The average molecular weight is 202 g/mol. The van der Waals surface area contributed by atoms with E-state index in [2.05, 4.69) is 5.10 Å². The molecule has 0 aromatic rings. The third-order valence-corrected chi connectivity index (χ3v) is 1.72. The molecule has 1 heterocycles. The van der Waals surface area contributed by atoms with Gasteiger partial charge in [0.1, 0.15) is 6.34 Å². The molecule has 1 aliphatic rings. The molecule has 0 saturated heterocycles. The molecule has 0 aromatic heterocycles. The summed E-state index contributed by atoms with van der Waals surface area (Å²) >= 11 is 5.26. The molecule has 70 valence electrons. The molecule has 0 N–H and O–H groups in total. The predicted molar refractivity (Wildman–Crippen MR) is 38.4 cm³/mol. The van der Waals surface area contributed by atoms with Gasteiger partial charge in [-0.05, 0) is 6.92 Å². The first-order valence-electron chi connectivity index (χ1n) is 3.28. The second kappa shape index (κ2) is 3.01. The minimum Gasteiger partial charge on any atom is -0.263 e. The van der Waals surface area contributed by atoms with Crippen molar-refractivity contribution in [1.29, 1.82) is 0 Å². The summed E-state index contributed by atoms with van der Waals surface area (Å²) in [5, 5.41) is 4.33. The fraction of sp³-hybridized carbons (Fsp3) is 0.800. The van der Waals surface area contributed by atoms with Crippen molar-refractivity contribution >= 4 is 18.1 Å². The zero-order valence-corrected chi connectivity index (χ0v) is 6.97.